The van der Waals surface area contributed by atoms with E-state index in [1.165, 1.54) is 12.1 Å². The van der Waals surface area contributed by atoms with Gasteiger partial charge in [0.1, 0.15) is 0 Å². The molecule has 20 heavy (non-hydrogen) atoms. The second-order valence-corrected chi connectivity index (χ2v) is 5.41. The zero-order valence-electron chi connectivity index (χ0n) is 10.9. The topological polar surface area (TPSA) is 102 Å². The zero-order chi connectivity index (χ0) is 14.3. The molecular weight excluding hydrogens is 260 g/mol. The van der Waals surface area contributed by atoms with Gasteiger partial charge in [-0.1, -0.05) is 0 Å². The molecule has 2 fully saturated rings. The number of rotatable bonds is 3. The Morgan fingerprint density at radius 1 is 1.35 bits per heavy atom. The summed E-state index contributed by atoms with van der Waals surface area (Å²) in [6.07, 6.45) is 0. The van der Waals surface area contributed by atoms with E-state index < -0.39 is 10.8 Å². The molecule has 3 N–H and O–H groups in total. The van der Waals surface area contributed by atoms with Crippen LogP contribution in [-0.2, 0) is 0 Å². The molecule has 0 aromatic heterocycles. The first kappa shape index (κ1) is 12.9. The molecule has 0 bridgehead atoms. The highest BCUT2D eigenvalue weighted by atomic mass is 16.6. The molecular formula is C13H16N4O3. The van der Waals surface area contributed by atoms with Crippen LogP contribution in [0.3, 0.4) is 0 Å². The molecule has 0 spiro atoms. The van der Waals surface area contributed by atoms with E-state index in [0.29, 0.717) is 17.5 Å². The summed E-state index contributed by atoms with van der Waals surface area (Å²) in [5.74, 6) is 0.524. The van der Waals surface area contributed by atoms with Crippen LogP contribution >= 0.6 is 0 Å². The summed E-state index contributed by atoms with van der Waals surface area (Å²) in [6.45, 7) is 3.69. The van der Waals surface area contributed by atoms with Gasteiger partial charge in [0, 0.05) is 38.3 Å². The van der Waals surface area contributed by atoms with Crippen molar-refractivity contribution in [1.29, 1.82) is 0 Å². The normalized spacial score (nSPS) is 24.7. The van der Waals surface area contributed by atoms with Crippen molar-refractivity contribution in [2.75, 3.05) is 31.1 Å². The van der Waals surface area contributed by atoms with Crippen LogP contribution < -0.4 is 16.0 Å². The summed E-state index contributed by atoms with van der Waals surface area (Å²) in [7, 11) is 0. The number of nitrogens with one attached hydrogen (secondary N) is 1. The molecule has 106 valence electrons. The minimum absolute atomic E-state index is 0.108. The molecule has 2 saturated heterocycles. The summed E-state index contributed by atoms with van der Waals surface area (Å²) in [5.41, 5.74) is 6.19. The van der Waals surface area contributed by atoms with Crippen LogP contribution in [-0.4, -0.2) is 37.0 Å². The Labute approximate surface area is 115 Å². The quantitative estimate of drug-likeness (QED) is 0.612. The van der Waals surface area contributed by atoms with Gasteiger partial charge in [-0.2, -0.15) is 0 Å². The molecule has 7 nitrogen and oxygen atoms in total. The number of nitro groups is 1. The van der Waals surface area contributed by atoms with Crippen LogP contribution in [0.15, 0.2) is 18.2 Å². The molecule has 2 atom stereocenters. The number of non-ortho nitro benzene ring substituents is 1. The van der Waals surface area contributed by atoms with E-state index in [0.717, 1.165) is 26.2 Å². The standard InChI is InChI=1S/C13H16N4O3/c14-13(18)11-3-10(17(19)20)1-2-12(11)16-6-8-4-15-5-9(8)7-16/h1-3,8-9,15H,4-7H2,(H2,14,18)/t8-,9+. The fraction of sp³-hybridized carbons (Fsp3) is 0.462. The summed E-state index contributed by atoms with van der Waals surface area (Å²) < 4.78 is 0. The highest BCUT2D eigenvalue weighted by molar-refractivity contribution is 5.99. The van der Waals surface area contributed by atoms with Gasteiger partial charge in [0.2, 0.25) is 0 Å². The summed E-state index contributed by atoms with van der Waals surface area (Å²) in [6, 6.07) is 4.32. The van der Waals surface area contributed by atoms with Gasteiger partial charge in [-0.3, -0.25) is 14.9 Å². The van der Waals surface area contributed by atoms with Crippen molar-refractivity contribution in [3.05, 3.63) is 33.9 Å². The summed E-state index contributed by atoms with van der Waals surface area (Å²) >= 11 is 0. The number of fused-ring (bicyclic) bond motifs is 1. The van der Waals surface area contributed by atoms with Crippen LogP contribution in [0.2, 0.25) is 0 Å². The lowest BCUT2D eigenvalue weighted by atomic mass is 10.0. The molecule has 0 radical (unpaired) electrons. The first-order valence-corrected chi connectivity index (χ1v) is 6.60. The maximum Gasteiger partial charge on any atom is 0.270 e. The number of carbonyl (C=O) groups is 1. The number of nitro benzene ring substituents is 1. The van der Waals surface area contributed by atoms with E-state index in [4.69, 9.17) is 5.73 Å². The van der Waals surface area contributed by atoms with E-state index in [2.05, 4.69) is 10.2 Å². The average molecular weight is 276 g/mol. The van der Waals surface area contributed by atoms with Crippen LogP contribution in [0, 0.1) is 22.0 Å². The van der Waals surface area contributed by atoms with Crippen molar-refractivity contribution in [2.45, 2.75) is 0 Å². The number of anilines is 1. The highest BCUT2D eigenvalue weighted by Gasteiger charge is 2.37. The molecule has 2 heterocycles. The number of carbonyl (C=O) groups excluding carboxylic acids is 1. The number of hydrogen-bond acceptors (Lipinski definition) is 5. The van der Waals surface area contributed by atoms with Crippen molar-refractivity contribution < 1.29 is 9.72 Å². The van der Waals surface area contributed by atoms with Crippen molar-refractivity contribution in [3.8, 4) is 0 Å². The maximum absolute atomic E-state index is 11.6. The van der Waals surface area contributed by atoms with Crippen LogP contribution in [0.25, 0.3) is 0 Å². The van der Waals surface area contributed by atoms with Gasteiger partial charge in [0.25, 0.3) is 11.6 Å². The van der Waals surface area contributed by atoms with Gasteiger partial charge in [0.05, 0.1) is 16.2 Å². The number of benzene rings is 1. The molecule has 0 saturated carbocycles. The molecule has 1 amide bonds. The monoisotopic (exact) mass is 276 g/mol. The number of hydrogen-bond donors (Lipinski definition) is 2. The predicted molar refractivity (Wildman–Crippen MR) is 73.7 cm³/mol. The maximum atomic E-state index is 11.6. The lowest BCUT2D eigenvalue weighted by molar-refractivity contribution is -0.384. The Hall–Kier alpha value is -2.15. The average Bonchev–Trinajstić information content (AvgIpc) is 2.98. The van der Waals surface area contributed by atoms with Crippen molar-refractivity contribution in [3.63, 3.8) is 0 Å². The number of primary amides is 1. The largest absolute Gasteiger partial charge is 0.370 e. The van der Waals surface area contributed by atoms with E-state index in [-0.39, 0.29) is 11.3 Å². The van der Waals surface area contributed by atoms with Gasteiger partial charge < -0.3 is 16.0 Å². The van der Waals surface area contributed by atoms with Gasteiger partial charge in [0.15, 0.2) is 0 Å². The Balaban J connectivity index is 1.93. The Bertz CT molecular complexity index is 563. The van der Waals surface area contributed by atoms with Gasteiger partial charge in [-0.05, 0) is 17.9 Å². The second-order valence-electron chi connectivity index (χ2n) is 5.41. The lowest BCUT2D eigenvalue weighted by Crippen LogP contribution is -2.28. The van der Waals surface area contributed by atoms with E-state index in [1.54, 1.807) is 6.07 Å². The molecule has 1 aromatic rings. The van der Waals surface area contributed by atoms with Crippen LogP contribution in [0.4, 0.5) is 11.4 Å². The summed E-state index contributed by atoms with van der Waals surface area (Å²) in [4.78, 5) is 24.0. The van der Waals surface area contributed by atoms with Crippen molar-refractivity contribution in [1.82, 2.24) is 5.32 Å². The van der Waals surface area contributed by atoms with Gasteiger partial charge in [-0.25, -0.2) is 0 Å². The van der Waals surface area contributed by atoms with E-state index in [1.807, 2.05) is 0 Å². The Morgan fingerprint density at radius 3 is 2.55 bits per heavy atom. The fourth-order valence-electron chi connectivity index (χ4n) is 3.16. The van der Waals surface area contributed by atoms with Gasteiger partial charge >= 0.3 is 0 Å². The van der Waals surface area contributed by atoms with E-state index >= 15 is 0 Å². The first-order valence-electron chi connectivity index (χ1n) is 6.60. The highest BCUT2D eigenvalue weighted by Crippen LogP contribution is 2.33. The Morgan fingerprint density at radius 2 is 2.00 bits per heavy atom. The minimum Gasteiger partial charge on any atom is -0.370 e. The molecule has 0 aliphatic carbocycles. The molecule has 3 rings (SSSR count). The molecule has 2 aliphatic rings. The molecule has 7 heteroatoms. The number of nitrogens with two attached hydrogens (primary N) is 1. The second kappa shape index (κ2) is 4.75. The molecule has 2 aliphatic heterocycles. The van der Waals surface area contributed by atoms with Gasteiger partial charge in [-0.15, -0.1) is 0 Å². The van der Waals surface area contributed by atoms with Crippen molar-refractivity contribution >= 4 is 17.3 Å². The number of nitrogens with zero attached hydrogens (tertiary/aromatic N) is 2. The minimum atomic E-state index is -0.626. The third-order valence-electron chi connectivity index (χ3n) is 4.19. The third-order valence-corrected chi connectivity index (χ3v) is 4.19. The zero-order valence-corrected chi connectivity index (χ0v) is 10.9. The summed E-state index contributed by atoms with van der Waals surface area (Å²) in [5, 5.41) is 14.1. The number of amides is 1. The fourth-order valence-corrected chi connectivity index (χ4v) is 3.16. The smallest absolute Gasteiger partial charge is 0.270 e. The van der Waals surface area contributed by atoms with E-state index in [9.17, 15) is 14.9 Å². The van der Waals surface area contributed by atoms with Crippen molar-refractivity contribution in [2.24, 2.45) is 17.6 Å². The Kier molecular flexibility index (Phi) is 3.06. The molecule has 1 aromatic carbocycles. The van der Waals surface area contributed by atoms with Crippen LogP contribution in [0.5, 0.6) is 0 Å². The van der Waals surface area contributed by atoms with Crippen LogP contribution in [0.1, 0.15) is 10.4 Å². The predicted octanol–water partition coefficient (Wildman–Crippen LogP) is 0.349. The lowest BCUT2D eigenvalue weighted by Gasteiger charge is -2.21. The molecule has 0 unspecified atom stereocenters. The SMILES string of the molecule is NC(=O)c1cc([N+](=O)[O-])ccc1N1C[C@H]2CNC[C@H]2C1. The first-order chi connectivity index (χ1) is 9.56. The third kappa shape index (κ3) is 2.09.